The summed E-state index contributed by atoms with van der Waals surface area (Å²) in [4.78, 5) is 22.7. The second-order valence-corrected chi connectivity index (χ2v) is 5.08. The summed E-state index contributed by atoms with van der Waals surface area (Å²) in [5.41, 5.74) is -0.0588. The molecule has 2 aromatic rings. The third-order valence-corrected chi connectivity index (χ3v) is 3.42. The van der Waals surface area contributed by atoms with E-state index in [2.05, 4.69) is 5.32 Å². The highest BCUT2D eigenvalue weighted by atomic mass is 19.1. The van der Waals surface area contributed by atoms with E-state index in [1.165, 1.54) is 43.5 Å². The third-order valence-electron chi connectivity index (χ3n) is 3.42. The van der Waals surface area contributed by atoms with Crippen LogP contribution in [-0.2, 0) is 4.79 Å². The number of nitrogens with one attached hydrogen (secondary N) is 1. The molecule has 0 fully saturated rings. The number of non-ortho nitro benzene ring substituents is 1. The molecule has 0 heterocycles. The Morgan fingerprint density at radius 3 is 2.60 bits per heavy atom. The second kappa shape index (κ2) is 8.09. The number of ether oxygens (including phenoxy) is 2. The van der Waals surface area contributed by atoms with Gasteiger partial charge >= 0.3 is 0 Å². The molecule has 0 saturated carbocycles. The van der Waals surface area contributed by atoms with Gasteiger partial charge in [0.15, 0.2) is 17.7 Å². The maximum Gasteiger partial charge on any atom is 0.271 e. The zero-order valence-corrected chi connectivity index (χ0v) is 13.7. The van der Waals surface area contributed by atoms with Crippen molar-refractivity contribution in [2.75, 3.05) is 12.4 Å². The van der Waals surface area contributed by atoms with E-state index in [0.717, 1.165) is 0 Å². The predicted octanol–water partition coefficient (Wildman–Crippen LogP) is 3.54. The van der Waals surface area contributed by atoms with Crippen LogP contribution in [0.3, 0.4) is 0 Å². The first-order chi connectivity index (χ1) is 12.0. The molecular formula is C17H17FN2O5. The molecule has 2 aromatic carbocycles. The molecule has 0 bridgehead atoms. The van der Waals surface area contributed by atoms with Gasteiger partial charge in [0.2, 0.25) is 0 Å². The molecule has 0 saturated heterocycles. The van der Waals surface area contributed by atoms with Crippen LogP contribution in [0, 0.1) is 15.9 Å². The van der Waals surface area contributed by atoms with Gasteiger partial charge in [0, 0.05) is 12.1 Å². The standard InChI is InChI=1S/C17H17FN2O5/c1-3-14(25-15-7-5-4-6-12(15)18)17(21)19-13-10-11(20(22)23)8-9-16(13)24-2/h4-10,14H,3H2,1-2H3,(H,19,21). The molecule has 0 radical (unpaired) electrons. The summed E-state index contributed by atoms with van der Waals surface area (Å²) in [6.45, 7) is 1.70. The number of nitro benzene ring substituents is 1. The van der Waals surface area contributed by atoms with Gasteiger partial charge in [0.25, 0.3) is 11.6 Å². The van der Waals surface area contributed by atoms with Gasteiger partial charge in [0.1, 0.15) is 5.75 Å². The van der Waals surface area contributed by atoms with E-state index in [4.69, 9.17) is 9.47 Å². The molecule has 25 heavy (non-hydrogen) atoms. The van der Waals surface area contributed by atoms with Crippen molar-refractivity contribution in [3.63, 3.8) is 0 Å². The number of benzene rings is 2. The number of carbonyl (C=O) groups is 1. The highest BCUT2D eigenvalue weighted by Crippen LogP contribution is 2.29. The van der Waals surface area contributed by atoms with Crippen LogP contribution in [0.1, 0.15) is 13.3 Å². The third kappa shape index (κ3) is 4.43. The molecule has 0 aliphatic rings. The van der Waals surface area contributed by atoms with Gasteiger partial charge in [-0.05, 0) is 24.6 Å². The number of halogens is 1. The van der Waals surface area contributed by atoms with Crippen molar-refractivity contribution in [2.45, 2.75) is 19.4 Å². The van der Waals surface area contributed by atoms with E-state index in [1.807, 2.05) is 0 Å². The Bertz CT molecular complexity index is 781. The number of hydrogen-bond donors (Lipinski definition) is 1. The summed E-state index contributed by atoms with van der Waals surface area (Å²) >= 11 is 0. The number of rotatable bonds is 7. The Kier molecular flexibility index (Phi) is 5.89. The van der Waals surface area contributed by atoms with Gasteiger partial charge in [-0.2, -0.15) is 0 Å². The SMILES string of the molecule is CCC(Oc1ccccc1F)C(=O)Nc1cc([N+](=O)[O-])ccc1OC. The lowest BCUT2D eigenvalue weighted by Crippen LogP contribution is -2.32. The summed E-state index contributed by atoms with van der Waals surface area (Å²) in [5, 5.41) is 13.4. The van der Waals surface area contributed by atoms with Crippen LogP contribution >= 0.6 is 0 Å². The summed E-state index contributed by atoms with van der Waals surface area (Å²) in [5.74, 6) is -0.929. The smallest absolute Gasteiger partial charge is 0.271 e. The molecule has 0 aliphatic carbocycles. The zero-order valence-electron chi connectivity index (χ0n) is 13.7. The second-order valence-electron chi connectivity index (χ2n) is 5.08. The van der Waals surface area contributed by atoms with E-state index in [1.54, 1.807) is 13.0 Å². The van der Waals surface area contributed by atoms with Gasteiger partial charge in [-0.3, -0.25) is 14.9 Å². The fraction of sp³-hybridized carbons (Fsp3) is 0.235. The number of nitrogens with zero attached hydrogens (tertiary/aromatic N) is 1. The number of anilines is 1. The quantitative estimate of drug-likeness (QED) is 0.610. The van der Waals surface area contributed by atoms with Crippen molar-refractivity contribution >= 4 is 17.3 Å². The van der Waals surface area contributed by atoms with Crippen molar-refractivity contribution in [1.82, 2.24) is 0 Å². The lowest BCUT2D eigenvalue weighted by atomic mass is 10.2. The van der Waals surface area contributed by atoms with Crippen LogP contribution in [0.25, 0.3) is 0 Å². The monoisotopic (exact) mass is 348 g/mol. The van der Waals surface area contributed by atoms with Gasteiger partial charge < -0.3 is 14.8 Å². The van der Waals surface area contributed by atoms with Crippen molar-refractivity contribution < 1.29 is 23.6 Å². The molecule has 1 atom stereocenters. The van der Waals surface area contributed by atoms with Gasteiger partial charge in [-0.25, -0.2) is 4.39 Å². The van der Waals surface area contributed by atoms with Crippen LogP contribution in [0.4, 0.5) is 15.8 Å². The number of carbonyl (C=O) groups excluding carboxylic acids is 1. The molecule has 132 valence electrons. The first kappa shape index (κ1) is 18.2. The Labute approximate surface area is 143 Å². The minimum absolute atomic E-state index is 0.0458. The van der Waals surface area contributed by atoms with E-state index in [9.17, 15) is 19.3 Å². The maximum absolute atomic E-state index is 13.7. The van der Waals surface area contributed by atoms with Crippen LogP contribution in [0.2, 0.25) is 0 Å². The van der Waals surface area contributed by atoms with E-state index >= 15 is 0 Å². The molecule has 0 aliphatic heterocycles. The molecule has 1 amide bonds. The largest absolute Gasteiger partial charge is 0.495 e. The van der Waals surface area contributed by atoms with Gasteiger partial charge in [-0.15, -0.1) is 0 Å². The Morgan fingerprint density at radius 2 is 2.00 bits per heavy atom. The minimum atomic E-state index is -0.971. The lowest BCUT2D eigenvalue weighted by molar-refractivity contribution is -0.384. The van der Waals surface area contributed by atoms with Crippen molar-refractivity contribution in [1.29, 1.82) is 0 Å². The highest BCUT2D eigenvalue weighted by Gasteiger charge is 2.22. The fourth-order valence-electron chi connectivity index (χ4n) is 2.14. The minimum Gasteiger partial charge on any atom is -0.495 e. The number of nitro groups is 1. The molecule has 1 N–H and O–H groups in total. The van der Waals surface area contributed by atoms with Gasteiger partial charge in [-0.1, -0.05) is 19.1 Å². The molecule has 1 unspecified atom stereocenters. The Morgan fingerprint density at radius 1 is 1.28 bits per heavy atom. The fourth-order valence-corrected chi connectivity index (χ4v) is 2.14. The number of methoxy groups -OCH3 is 1. The number of hydrogen-bond acceptors (Lipinski definition) is 5. The zero-order chi connectivity index (χ0) is 18.4. The summed E-state index contributed by atoms with van der Waals surface area (Å²) in [6, 6.07) is 9.58. The maximum atomic E-state index is 13.7. The first-order valence-corrected chi connectivity index (χ1v) is 7.50. The molecule has 0 spiro atoms. The average Bonchev–Trinajstić information content (AvgIpc) is 2.60. The van der Waals surface area contributed by atoms with Crippen LogP contribution in [-0.4, -0.2) is 24.0 Å². The Hall–Kier alpha value is -3.16. The first-order valence-electron chi connectivity index (χ1n) is 7.50. The predicted molar refractivity (Wildman–Crippen MR) is 89.4 cm³/mol. The van der Waals surface area contributed by atoms with Crippen LogP contribution < -0.4 is 14.8 Å². The highest BCUT2D eigenvalue weighted by molar-refractivity contribution is 5.96. The van der Waals surface area contributed by atoms with Crippen molar-refractivity contribution in [3.05, 3.63) is 58.4 Å². The summed E-state index contributed by atoms with van der Waals surface area (Å²) in [6.07, 6.45) is -0.696. The van der Waals surface area contributed by atoms with E-state index in [0.29, 0.717) is 0 Å². The van der Waals surface area contributed by atoms with Crippen molar-refractivity contribution in [2.24, 2.45) is 0 Å². The summed E-state index contributed by atoms with van der Waals surface area (Å²) in [7, 11) is 1.38. The van der Waals surface area contributed by atoms with Crippen LogP contribution in [0.5, 0.6) is 11.5 Å². The topological polar surface area (TPSA) is 90.7 Å². The molecular weight excluding hydrogens is 331 g/mol. The normalized spacial score (nSPS) is 11.5. The lowest BCUT2D eigenvalue weighted by Gasteiger charge is -2.18. The Balaban J connectivity index is 2.20. The number of amides is 1. The summed E-state index contributed by atoms with van der Waals surface area (Å²) < 4.78 is 24.2. The van der Waals surface area contributed by atoms with Crippen molar-refractivity contribution in [3.8, 4) is 11.5 Å². The van der Waals surface area contributed by atoms with Crippen LogP contribution in [0.15, 0.2) is 42.5 Å². The number of para-hydroxylation sites is 1. The molecule has 0 aromatic heterocycles. The molecule has 2 rings (SSSR count). The molecule has 7 nitrogen and oxygen atoms in total. The van der Waals surface area contributed by atoms with E-state index < -0.39 is 22.8 Å². The van der Waals surface area contributed by atoms with E-state index in [-0.39, 0.29) is 29.3 Å². The molecule has 8 heteroatoms. The average molecular weight is 348 g/mol. The van der Waals surface area contributed by atoms with Gasteiger partial charge in [0.05, 0.1) is 17.7 Å².